The molecule has 0 aromatic heterocycles. The van der Waals surface area contributed by atoms with Crippen molar-refractivity contribution in [3.05, 3.63) is 65.7 Å². The molecule has 5 N–H and O–H groups in total. The van der Waals surface area contributed by atoms with E-state index in [1.165, 1.54) is 36.4 Å². The van der Waals surface area contributed by atoms with Crippen LogP contribution < -0.4 is 0 Å². The van der Waals surface area contributed by atoms with E-state index in [2.05, 4.69) is 0 Å². The van der Waals surface area contributed by atoms with E-state index in [1.807, 2.05) is 0 Å². The first-order valence-corrected chi connectivity index (χ1v) is 9.89. The van der Waals surface area contributed by atoms with Crippen molar-refractivity contribution in [1.29, 1.82) is 0 Å². The van der Waals surface area contributed by atoms with Gasteiger partial charge < -0.3 is 35.0 Å². The summed E-state index contributed by atoms with van der Waals surface area (Å²) in [5, 5.41) is 49.0. The van der Waals surface area contributed by atoms with Gasteiger partial charge in [0.05, 0.1) is 11.7 Å². The second-order valence-corrected chi connectivity index (χ2v) is 7.61. The highest BCUT2D eigenvalue weighted by Gasteiger charge is 2.52. The lowest BCUT2D eigenvalue weighted by Gasteiger charge is -2.40. The number of benzene rings is 2. The highest BCUT2D eigenvalue weighted by atomic mass is 16.6. The molecule has 0 radical (unpaired) electrons. The lowest BCUT2D eigenvalue weighted by atomic mass is 9.79. The maximum absolute atomic E-state index is 12.4. The van der Waals surface area contributed by atoms with Crippen LogP contribution in [0.4, 0.5) is 0 Å². The monoisotopic (exact) mass is 458 g/mol. The Labute approximate surface area is 187 Å². The second kappa shape index (κ2) is 9.72. The molecular formula is C23H22O10. The Morgan fingerprint density at radius 1 is 0.970 bits per heavy atom. The SMILES string of the molecule is O=C(C=Cc1ccc(O)c(O)c1)O[C@@H]1C[C@](O)(C(=O)O)C[C@@H](O)[C@H]1OC(=O)c1ccccc1. The Morgan fingerprint density at radius 3 is 2.30 bits per heavy atom. The topological polar surface area (TPSA) is 171 Å². The minimum Gasteiger partial charge on any atom is -0.504 e. The predicted octanol–water partition coefficient (Wildman–Crippen LogP) is 1.22. The third kappa shape index (κ3) is 5.68. The molecule has 10 heteroatoms. The summed E-state index contributed by atoms with van der Waals surface area (Å²) in [5.74, 6) is -4.17. The van der Waals surface area contributed by atoms with Crippen LogP contribution in [-0.2, 0) is 19.1 Å². The van der Waals surface area contributed by atoms with E-state index >= 15 is 0 Å². The van der Waals surface area contributed by atoms with Gasteiger partial charge in [-0.1, -0.05) is 24.3 Å². The Hall–Kier alpha value is -3.89. The highest BCUT2D eigenvalue weighted by molar-refractivity contribution is 5.90. The van der Waals surface area contributed by atoms with Crippen molar-refractivity contribution in [3.63, 3.8) is 0 Å². The van der Waals surface area contributed by atoms with Crippen LogP contribution >= 0.6 is 0 Å². The van der Waals surface area contributed by atoms with Crippen molar-refractivity contribution in [1.82, 2.24) is 0 Å². The number of aliphatic hydroxyl groups is 2. The maximum atomic E-state index is 12.4. The molecule has 1 aliphatic carbocycles. The molecule has 0 saturated heterocycles. The molecule has 3 rings (SSSR count). The van der Waals surface area contributed by atoms with E-state index < -0.39 is 60.4 Å². The van der Waals surface area contributed by atoms with E-state index in [0.29, 0.717) is 5.56 Å². The van der Waals surface area contributed by atoms with Crippen molar-refractivity contribution in [2.45, 2.75) is 36.8 Å². The number of phenols is 2. The van der Waals surface area contributed by atoms with E-state index in [4.69, 9.17) is 9.47 Å². The van der Waals surface area contributed by atoms with Crippen LogP contribution in [0.5, 0.6) is 11.5 Å². The first-order chi connectivity index (χ1) is 15.6. The number of carboxylic acids is 1. The fraction of sp³-hybridized carbons (Fsp3) is 0.261. The number of hydrogen-bond donors (Lipinski definition) is 5. The van der Waals surface area contributed by atoms with Gasteiger partial charge >= 0.3 is 17.9 Å². The van der Waals surface area contributed by atoms with Gasteiger partial charge in [0.15, 0.2) is 23.2 Å². The summed E-state index contributed by atoms with van der Waals surface area (Å²) >= 11 is 0. The largest absolute Gasteiger partial charge is 0.504 e. The van der Waals surface area contributed by atoms with Crippen molar-refractivity contribution in [2.24, 2.45) is 0 Å². The summed E-state index contributed by atoms with van der Waals surface area (Å²) in [6.07, 6.45) is -3.54. The molecule has 0 bridgehead atoms. The van der Waals surface area contributed by atoms with Crippen molar-refractivity contribution >= 4 is 24.0 Å². The van der Waals surface area contributed by atoms with Gasteiger partial charge in [-0.25, -0.2) is 14.4 Å². The predicted molar refractivity (Wildman–Crippen MR) is 112 cm³/mol. The molecule has 0 heterocycles. The normalized spacial score (nSPS) is 24.8. The average molecular weight is 458 g/mol. The lowest BCUT2D eigenvalue weighted by Crippen LogP contribution is -2.58. The summed E-state index contributed by atoms with van der Waals surface area (Å²) in [6, 6.07) is 11.6. The number of carbonyl (C=O) groups excluding carboxylic acids is 2. The van der Waals surface area contributed by atoms with Crippen LogP contribution in [0.2, 0.25) is 0 Å². The smallest absolute Gasteiger partial charge is 0.338 e. The Bertz CT molecular complexity index is 1060. The molecule has 2 aromatic carbocycles. The molecule has 33 heavy (non-hydrogen) atoms. The van der Waals surface area contributed by atoms with E-state index in [0.717, 1.165) is 6.08 Å². The number of esters is 2. The molecule has 1 aliphatic rings. The van der Waals surface area contributed by atoms with Crippen LogP contribution in [0.15, 0.2) is 54.6 Å². The molecule has 0 unspecified atom stereocenters. The van der Waals surface area contributed by atoms with E-state index in [-0.39, 0.29) is 11.3 Å². The minimum absolute atomic E-state index is 0.167. The summed E-state index contributed by atoms with van der Waals surface area (Å²) in [5.41, 5.74) is -1.88. The number of aromatic hydroxyl groups is 2. The Kier molecular flexibility index (Phi) is 7.00. The standard InChI is InChI=1S/C23H22O10/c24-15-8-6-13(10-16(15)25)7-9-19(27)32-18-12-23(31,22(29)30)11-17(26)20(18)33-21(28)14-4-2-1-3-5-14/h1-10,17-18,20,24-26,31H,11-12H2,(H,29,30)/t17-,18-,20-,23+/m1/s1. The number of carbonyl (C=O) groups is 3. The summed E-state index contributed by atoms with van der Waals surface area (Å²) < 4.78 is 10.5. The number of aliphatic carboxylic acids is 1. The van der Waals surface area contributed by atoms with Crippen LogP contribution in [-0.4, -0.2) is 67.4 Å². The lowest BCUT2D eigenvalue weighted by molar-refractivity contribution is -0.196. The third-order valence-electron chi connectivity index (χ3n) is 5.16. The summed E-state index contributed by atoms with van der Waals surface area (Å²) in [7, 11) is 0. The zero-order valence-corrected chi connectivity index (χ0v) is 17.2. The zero-order valence-electron chi connectivity index (χ0n) is 17.2. The quantitative estimate of drug-likeness (QED) is 0.241. The van der Waals surface area contributed by atoms with Crippen molar-refractivity contribution in [3.8, 4) is 11.5 Å². The Balaban J connectivity index is 1.78. The first kappa shape index (κ1) is 23.8. The van der Waals surface area contributed by atoms with Crippen LogP contribution in [0, 0.1) is 0 Å². The van der Waals surface area contributed by atoms with Gasteiger partial charge in [-0.15, -0.1) is 0 Å². The van der Waals surface area contributed by atoms with Crippen LogP contribution in [0.25, 0.3) is 6.08 Å². The number of ether oxygens (including phenoxy) is 2. The van der Waals surface area contributed by atoms with E-state index in [1.54, 1.807) is 18.2 Å². The molecule has 2 aromatic rings. The van der Waals surface area contributed by atoms with Crippen LogP contribution in [0.3, 0.4) is 0 Å². The van der Waals surface area contributed by atoms with Gasteiger partial charge in [-0.05, 0) is 35.9 Å². The molecular weight excluding hydrogens is 436 g/mol. The van der Waals surface area contributed by atoms with Gasteiger partial charge in [0, 0.05) is 18.9 Å². The zero-order chi connectivity index (χ0) is 24.2. The van der Waals surface area contributed by atoms with Crippen LogP contribution in [0.1, 0.15) is 28.8 Å². The van der Waals surface area contributed by atoms with Gasteiger partial charge in [-0.2, -0.15) is 0 Å². The van der Waals surface area contributed by atoms with Crippen molar-refractivity contribution in [2.75, 3.05) is 0 Å². The highest BCUT2D eigenvalue weighted by Crippen LogP contribution is 2.33. The molecule has 4 atom stereocenters. The number of carboxylic acid groups (broad SMARTS) is 1. The molecule has 1 fully saturated rings. The number of rotatable bonds is 6. The van der Waals surface area contributed by atoms with Gasteiger partial charge in [0.2, 0.25) is 0 Å². The number of phenolic OH excluding ortho intramolecular Hbond substituents is 2. The first-order valence-electron chi connectivity index (χ1n) is 9.89. The van der Waals surface area contributed by atoms with Gasteiger partial charge in [-0.3, -0.25) is 0 Å². The molecule has 10 nitrogen and oxygen atoms in total. The molecule has 0 spiro atoms. The van der Waals surface area contributed by atoms with Gasteiger partial charge in [0.1, 0.15) is 6.10 Å². The maximum Gasteiger partial charge on any atom is 0.338 e. The second-order valence-electron chi connectivity index (χ2n) is 7.61. The summed E-state index contributed by atoms with van der Waals surface area (Å²) in [6.45, 7) is 0. The fourth-order valence-electron chi connectivity index (χ4n) is 3.44. The molecule has 0 amide bonds. The summed E-state index contributed by atoms with van der Waals surface area (Å²) in [4.78, 5) is 36.3. The average Bonchev–Trinajstić information content (AvgIpc) is 2.77. The third-order valence-corrected chi connectivity index (χ3v) is 5.16. The number of aliphatic hydroxyl groups excluding tert-OH is 1. The fourth-order valence-corrected chi connectivity index (χ4v) is 3.44. The molecule has 0 aliphatic heterocycles. The van der Waals surface area contributed by atoms with E-state index in [9.17, 15) is 39.9 Å². The number of hydrogen-bond acceptors (Lipinski definition) is 9. The van der Waals surface area contributed by atoms with Crippen molar-refractivity contribution < 1.29 is 49.4 Å². The molecule has 174 valence electrons. The Morgan fingerprint density at radius 2 is 1.67 bits per heavy atom. The van der Waals surface area contributed by atoms with Gasteiger partial charge in [0.25, 0.3) is 0 Å². The molecule has 1 saturated carbocycles. The minimum atomic E-state index is -2.40.